The van der Waals surface area contributed by atoms with Gasteiger partial charge in [-0.05, 0) is 34.4 Å². The molecule has 0 amide bonds. The number of anilines is 1. The Kier molecular flexibility index (Phi) is 6.75. The summed E-state index contributed by atoms with van der Waals surface area (Å²) in [5.74, 6) is 1.25. The van der Waals surface area contributed by atoms with Crippen molar-refractivity contribution in [2.75, 3.05) is 12.4 Å². The first kappa shape index (κ1) is 24.4. The molecule has 0 bridgehead atoms. The molecule has 0 aliphatic carbocycles. The number of benzene rings is 4. The minimum atomic E-state index is -0.268. The molecular formula is C33H28N4O2. The molecule has 39 heavy (non-hydrogen) atoms. The number of hydrogen-bond donors (Lipinski definition) is 1. The maximum Gasteiger partial charge on any atom is 0.226 e. The van der Waals surface area contributed by atoms with Gasteiger partial charge in [-0.1, -0.05) is 103 Å². The van der Waals surface area contributed by atoms with Gasteiger partial charge in [0, 0.05) is 17.9 Å². The summed E-state index contributed by atoms with van der Waals surface area (Å²) in [4.78, 5) is 18.3. The molecule has 0 spiro atoms. The predicted molar refractivity (Wildman–Crippen MR) is 153 cm³/mol. The van der Waals surface area contributed by atoms with Crippen LogP contribution in [0.3, 0.4) is 0 Å². The Morgan fingerprint density at radius 2 is 1.51 bits per heavy atom. The molecule has 2 unspecified atom stereocenters. The summed E-state index contributed by atoms with van der Waals surface area (Å²) >= 11 is 0. The lowest BCUT2D eigenvalue weighted by Gasteiger charge is -2.35. The molecule has 1 aliphatic rings. The van der Waals surface area contributed by atoms with Gasteiger partial charge in [0.1, 0.15) is 18.1 Å². The quantitative estimate of drug-likeness (QED) is 0.232. The molecule has 2 heterocycles. The molecule has 192 valence electrons. The van der Waals surface area contributed by atoms with E-state index in [0.29, 0.717) is 11.5 Å². The van der Waals surface area contributed by atoms with E-state index in [1.165, 1.54) is 0 Å². The predicted octanol–water partition coefficient (Wildman–Crippen LogP) is 6.77. The Morgan fingerprint density at radius 1 is 0.872 bits per heavy atom. The van der Waals surface area contributed by atoms with E-state index in [2.05, 4.69) is 51.8 Å². The number of nitrogens with zero attached hydrogens (tertiary/aromatic N) is 3. The topological polar surface area (TPSA) is 69.0 Å². The van der Waals surface area contributed by atoms with E-state index in [1.54, 1.807) is 13.4 Å². The number of carbonyl (C=O) groups excluding carboxylic acids is 1. The number of methoxy groups -OCH3 is 1. The first-order chi connectivity index (χ1) is 19.2. The van der Waals surface area contributed by atoms with Crippen LogP contribution in [0.4, 0.5) is 5.95 Å². The van der Waals surface area contributed by atoms with Crippen LogP contribution in [-0.2, 0) is 0 Å². The van der Waals surface area contributed by atoms with Gasteiger partial charge in [-0.15, -0.1) is 0 Å². The van der Waals surface area contributed by atoms with Gasteiger partial charge in [-0.25, -0.2) is 4.68 Å². The maximum absolute atomic E-state index is 13.8. The summed E-state index contributed by atoms with van der Waals surface area (Å²) in [6.07, 6.45) is 1.86. The summed E-state index contributed by atoms with van der Waals surface area (Å²) in [7, 11) is 1.66. The maximum atomic E-state index is 13.8. The number of rotatable bonds is 8. The van der Waals surface area contributed by atoms with Gasteiger partial charge in [-0.3, -0.25) is 4.79 Å². The summed E-state index contributed by atoms with van der Waals surface area (Å²) in [5, 5.41) is 8.20. The Bertz CT molecular complexity index is 1590. The molecule has 4 aromatic carbocycles. The van der Waals surface area contributed by atoms with Crippen molar-refractivity contribution in [3.8, 4) is 5.75 Å². The number of ether oxygens (including phenoxy) is 1. The number of nitrogens with one attached hydrogen (secondary N) is 1. The van der Waals surface area contributed by atoms with Gasteiger partial charge in [-0.2, -0.15) is 10.1 Å². The molecule has 1 aromatic heterocycles. The Balaban J connectivity index is 1.59. The van der Waals surface area contributed by atoms with Crippen molar-refractivity contribution in [2.24, 2.45) is 0 Å². The minimum absolute atomic E-state index is 0.0764. The van der Waals surface area contributed by atoms with Crippen LogP contribution in [0.5, 0.6) is 5.75 Å². The van der Waals surface area contributed by atoms with Crippen molar-refractivity contribution in [3.05, 3.63) is 149 Å². The molecular weight excluding hydrogens is 484 g/mol. The second-order valence-corrected chi connectivity index (χ2v) is 9.48. The van der Waals surface area contributed by atoms with Crippen molar-refractivity contribution in [1.82, 2.24) is 14.8 Å². The highest BCUT2D eigenvalue weighted by molar-refractivity contribution is 5.97. The molecule has 0 saturated heterocycles. The Morgan fingerprint density at radius 3 is 2.18 bits per heavy atom. The summed E-state index contributed by atoms with van der Waals surface area (Å²) in [5.41, 5.74) is 5.80. The number of Topliss-reactive ketones (excluding diaryl/α,β-unsaturated/α-hetero) is 1. The van der Waals surface area contributed by atoms with Gasteiger partial charge in [0.25, 0.3) is 0 Å². The molecule has 6 heteroatoms. The second-order valence-electron chi connectivity index (χ2n) is 9.48. The third-order valence-corrected chi connectivity index (χ3v) is 7.19. The molecule has 0 fully saturated rings. The van der Waals surface area contributed by atoms with Crippen LogP contribution in [0.25, 0.3) is 5.70 Å². The van der Waals surface area contributed by atoms with Crippen LogP contribution in [0.2, 0.25) is 0 Å². The average Bonchev–Trinajstić information content (AvgIpc) is 3.49. The zero-order chi connectivity index (χ0) is 26.6. The highest BCUT2D eigenvalue weighted by atomic mass is 16.5. The number of allylic oxidation sites excluding steroid dienone is 1. The normalized spacial score (nSPS) is 15.3. The standard InChI is InChI=1S/C33H28N4O2/c1-39-27-19-17-23(18-20-27)28(21-29(38)24-11-5-2-6-12-24)30-31(25-13-7-3-8-14-25)36-33-34-22-35-37(33)32(30)26-15-9-4-10-16-26/h2-20,22,28,32H,21H2,1H3,(H,34,35,36). The Labute approximate surface area is 227 Å². The van der Waals surface area contributed by atoms with E-state index in [-0.39, 0.29) is 24.2 Å². The number of aromatic nitrogens is 3. The molecule has 0 radical (unpaired) electrons. The van der Waals surface area contributed by atoms with Crippen LogP contribution in [0, 0.1) is 0 Å². The first-order valence-corrected chi connectivity index (χ1v) is 13.0. The number of carbonyl (C=O) groups is 1. The molecule has 5 aromatic rings. The van der Waals surface area contributed by atoms with Gasteiger partial charge in [0.15, 0.2) is 5.78 Å². The fourth-order valence-corrected chi connectivity index (χ4v) is 5.32. The summed E-state index contributed by atoms with van der Waals surface area (Å²) in [6, 6.07) is 37.7. The van der Waals surface area contributed by atoms with E-state index < -0.39 is 0 Å². The van der Waals surface area contributed by atoms with Crippen molar-refractivity contribution < 1.29 is 9.53 Å². The van der Waals surface area contributed by atoms with E-state index in [4.69, 9.17) is 4.74 Å². The van der Waals surface area contributed by atoms with Crippen molar-refractivity contribution in [3.63, 3.8) is 0 Å². The molecule has 1 N–H and O–H groups in total. The van der Waals surface area contributed by atoms with Crippen LogP contribution in [-0.4, -0.2) is 27.7 Å². The average molecular weight is 513 g/mol. The lowest BCUT2D eigenvalue weighted by atomic mass is 9.77. The van der Waals surface area contributed by atoms with Crippen LogP contribution in [0.15, 0.2) is 127 Å². The largest absolute Gasteiger partial charge is 0.497 e. The number of fused-ring (bicyclic) bond motifs is 1. The molecule has 2 atom stereocenters. The zero-order valence-corrected chi connectivity index (χ0v) is 21.6. The van der Waals surface area contributed by atoms with E-state index in [0.717, 1.165) is 33.7 Å². The van der Waals surface area contributed by atoms with Gasteiger partial charge < -0.3 is 10.1 Å². The van der Waals surface area contributed by atoms with Gasteiger partial charge >= 0.3 is 0 Å². The SMILES string of the molecule is COc1ccc(C(CC(=O)c2ccccc2)C2=C(c3ccccc3)Nc3ncnn3C2c2ccccc2)cc1. The van der Waals surface area contributed by atoms with Gasteiger partial charge in [0.2, 0.25) is 5.95 Å². The molecule has 1 aliphatic heterocycles. The molecule has 6 rings (SSSR count). The highest BCUT2D eigenvalue weighted by Gasteiger charge is 2.37. The lowest BCUT2D eigenvalue weighted by molar-refractivity contribution is 0.0976. The zero-order valence-electron chi connectivity index (χ0n) is 21.6. The summed E-state index contributed by atoms with van der Waals surface area (Å²) < 4.78 is 7.37. The van der Waals surface area contributed by atoms with E-state index >= 15 is 0 Å². The smallest absolute Gasteiger partial charge is 0.226 e. The highest BCUT2D eigenvalue weighted by Crippen LogP contribution is 2.46. The monoisotopic (exact) mass is 512 g/mol. The fraction of sp³-hybridized carbons (Fsp3) is 0.121. The van der Waals surface area contributed by atoms with Crippen LogP contribution < -0.4 is 10.1 Å². The fourth-order valence-electron chi connectivity index (χ4n) is 5.32. The minimum Gasteiger partial charge on any atom is -0.497 e. The number of ketones is 1. The van der Waals surface area contributed by atoms with Crippen LogP contribution >= 0.6 is 0 Å². The lowest BCUT2D eigenvalue weighted by Crippen LogP contribution is -2.29. The van der Waals surface area contributed by atoms with Crippen LogP contribution in [0.1, 0.15) is 45.4 Å². The molecule has 0 saturated carbocycles. The third kappa shape index (κ3) is 4.84. The van der Waals surface area contributed by atoms with Gasteiger partial charge in [0.05, 0.1) is 12.8 Å². The second kappa shape index (κ2) is 10.8. The Hall–Kier alpha value is -4.97. The van der Waals surface area contributed by atoms with E-state index in [9.17, 15) is 4.79 Å². The van der Waals surface area contributed by atoms with Crippen molar-refractivity contribution in [2.45, 2.75) is 18.4 Å². The van der Waals surface area contributed by atoms with Crippen molar-refractivity contribution >= 4 is 17.4 Å². The molecule has 6 nitrogen and oxygen atoms in total. The number of hydrogen-bond acceptors (Lipinski definition) is 5. The third-order valence-electron chi connectivity index (χ3n) is 7.19. The van der Waals surface area contributed by atoms with Crippen molar-refractivity contribution in [1.29, 1.82) is 0 Å². The first-order valence-electron chi connectivity index (χ1n) is 13.0. The summed E-state index contributed by atoms with van der Waals surface area (Å²) in [6.45, 7) is 0. The van der Waals surface area contributed by atoms with E-state index in [1.807, 2.05) is 83.5 Å².